The van der Waals surface area contributed by atoms with E-state index in [0.29, 0.717) is 0 Å². The van der Waals surface area contributed by atoms with E-state index in [0.717, 1.165) is 0 Å². The van der Waals surface area contributed by atoms with Gasteiger partial charge in [-0.05, 0) is 0 Å². The van der Waals surface area contributed by atoms with Crippen LogP contribution in [0.3, 0.4) is 0 Å². The molecule has 1 rings (SSSR count). The summed E-state index contributed by atoms with van der Waals surface area (Å²) in [6.07, 6.45) is 0. The minimum atomic E-state index is -0.406. The quantitative estimate of drug-likeness (QED) is 0.212. The number of hydrogen-bond donors (Lipinski definition) is 0. The monoisotopic (exact) mass is 881 g/mol. The van der Waals surface area contributed by atoms with Gasteiger partial charge in [-0.15, -0.1) is 0 Å². The molecule has 0 unspecified atom stereocenters. The fourth-order valence-corrected chi connectivity index (χ4v) is 10.1. The third-order valence-corrected chi connectivity index (χ3v) is 6.75. The van der Waals surface area contributed by atoms with Gasteiger partial charge in [-0.3, -0.25) is 0 Å². The van der Waals surface area contributed by atoms with Crippen molar-refractivity contribution in [2.75, 3.05) is 0 Å². The predicted molar refractivity (Wildman–Crippen MR) is 32.1 cm³/mol. The van der Waals surface area contributed by atoms with Gasteiger partial charge in [-0.2, -0.15) is 0 Å². The van der Waals surface area contributed by atoms with E-state index in [9.17, 15) is 0 Å². The summed E-state index contributed by atoms with van der Waals surface area (Å²) in [5.41, 5.74) is 0. The molecule has 0 aliphatic carbocycles. The minimum absolute atomic E-state index is 0. The summed E-state index contributed by atoms with van der Waals surface area (Å²) < 4.78 is 14.7. The van der Waals surface area contributed by atoms with Gasteiger partial charge in [0.1, 0.15) is 0 Å². The van der Waals surface area contributed by atoms with Crippen molar-refractivity contribution in [2.24, 2.45) is 0 Å². The van der Waals surface area contributed by atoms with E-state index < -0.39 is 48.3 Å². The van der Waals surface area contributed by atoms with Crippen molar-refractivity contribution in [3.63, 3.8) is 0 Å². The number of rotatable bonds is 0. The molecule has 1 aliphatic heterocycles. The predicted octanol–water partition coefficient (Wildman–Crippen LogP) is -20.4. The van der Waals surface area contributed by atoms with Gasteiger partial charge in [0.15, 0.2) is 0 Å². The van der Waals surface area contributed by atoms with Crippen molar-refractivity contribution in [1.29, 1.82) is 0 Å². The van der Waals surface area contributed by atoms with Gasteiger partial charge < -0.3 is 32.9 Å². The molecule has 0 amide bonds. The standard InChI is InChI=1S/Ge3O3.6H2O.6Rb/c1-4-2-6-3-5-1;;;;;;;;;;;;/h;6*1H2;;;;;;/q;;;;;;;6*+1/p-6. The van der Waals surface area contributed by atoms with Gasteiger partial charge in [-0.1, -0.05) is 0 Å². The molecule has 1 saturated heterocycles. The minimum Gasteiger partial charge on any atom is 1.00 e. The summed E-state index contributed by atoms with van der Waals surface area (Å²) in [5, 5.41) is 0. The molecule has 0 aromatic heterocycles. The van der Waals surface area contributed by atoms with Gasteiger partial charge in [0, 0.05) is 0 Å². The van der Waals surface area contributed by atoms with Gasteiger partial charge >= 0.3 is 406 Å². The molecule has 6 radical (unpaired) electrons. The Hall–Kier alpha value is 12.1. The molecule has 6 N–H and O–H groups in total. The Morgan fingerprint density at radius 2 is 0.444 bits per heavy atom. The molecule has 0 bridgehead atoms. The van der Waals surface area contributed by atoms with Crippen molar-refractivity contribution >= 4 is 48.3 Å². The maximum Gasteiger partial charge on any atom is 1.00 e. The zero-order valence-corrected chi connectivity index (χ0v) is 47.2. The molecule has 1 heterocycles. The van der Waals surface area contributed by atoms with Crippen LogP contribution in [0.1, 0.15) is 0 Å². The van der Waals surface area contributed by atoms with E-state index in [2.05, 4.69) is 0 Å². The molecule has 1 fully saturated rings. The smallest absolute Gasteiger partial charge is 1.00 e. The van der Waals surface area contributed by atoms with Crippen LogP contribution in [0.15, 0.2) is 0 Å². The second kappa shape index (κ2) is 70.1. The van der Waals surface area contributed by atoms with Crippen LogP contribution in [0.2, 0.25) is 0 Å². The SMILES string of the molecule is [OH-].[OH-].[OH-].[OH-].[OH-].[OH-].[O]1[Ge][O][Ge][O][Ge]1.[Rb+].[Rb+].[Rb+].[Rb+].[Rb+].[Rb+]. The summed E-state index contributed by atoms with van der Waals surface area (Å²) in [7, 11) is 0. The zero-order valence-electron chi connectivity index (χ0n) is 11.4. The summed E-state index contributed by atoms with van der Waals surface area (Å²) in [6.45, 7) is 0. The summed E-state index contributed by atoms with van der Waals surface area (Å²) in [4.78, 5) is 0. The Kier molecular flexibility index (Phi) is 303. The van der Waals surface area contributed by atoms with Crippen molar-refractivity contribution in [1.82, 2.24) is 0 Å². The first-order valence-corrected chi connectivity index (χ1v) is 6.36. The zero-order chi connectivity index (χ0) is 4.24. The fourth-order valence-electron chi connectivity index (χ4n) is 0.114. The van der Waals surface area contributed by atoms with Gasteiger partial charge in [0.2, 0.25) is 0 Å². The molecule has 78 valence electrons. The van der Waals surface area contributed by atoms with Crippen LogP contribution in [0, 0.1) is 0 Å². The average Bonchev–Trinajstić information content (AvgIpc) is 1.72. The van der Waals surface area contributed by atoms with E-state index in [1.165, 1.54) is 0 Å². The van der Waals surface area contributed by atoms with Crippen molar-refractivity contribution in [2.45, 2.75) is 0 Å². The third-order valence-electron chi connectivity index (χ3n) is 0.250. The van der Waals surface area contributed by atoms with Crippen LogP contribution in [0.25, 0.3) is 0 Å². The molecular formula is H6Ge3O9Rb6. The van der Waals surface area contributed by atoms with E-state index in [1.54, 1.807) is 0 Å². The van der Waals surface area contributed by atoms with Gasteiger partial charge in [0.25, 0.3) is 0 Å². The Morgan fingerprint density at radius 1 is 0.333 bits per heavy atom. The molecule has 9 nitrogen and oxygen atoms in total. The van der Waals surface area contributed by atoms with Crippen LogP contribution < -0.4 is 349 Å². The summed E-state index contributed by atoms with van der Waals surface area (Å²) in [6, 6.07) is 0. The van der Waals surface area contributed by atoms with Gasteiger partial charge in [0.05, 0.1) is 0 Å². The van der Waals surface area contributed by atoms with E-state index in [1.807, 2.05) is 0 Å². The summed E-state index contributed by atoms with van der Waals surface area (Å²) >= 11 is -1.22. The molecule has 0 aromatic rings. The topological polar surface area (TPSA) is 208 Å². The maximum atomic E-state index is 4.91. The largest absolute Gasteiger partial charge is 1.00 e. The second-order valence-electron chi connectivity index (χ2n) is 0.556. The normalized spacial score (nSPS) is 8.00. The fraction of sp³-hybridized carbons (Fsp3) is 0. The molecule has 18 heavy (non-hydrogen) atoms. The van der Waals surface area contributed by atoms with Crippen LogP contribution in [0.5, 0.6) is 0 Å². The third kappa shape index (κ3) is 63.0. The van der Waals surface area contributed by atoms with Crippen LogP contribution in [-0.4, -0.2) is 81.2 Å². The van der Waals surface area contributed by atoms with Crippen LogP contribution >= 0.6 is 0 Å². The van der Waals surface area contributed by atoms with Crippen LogP contribution in [0.4, 0.5) is 0 Å². The summed E-state index contributed by atoms with van der Waals surface area (Å²) in [5.74, 6) is 0. The Labute approximate surface area is 421 Å². The molecule has 0 aromatic carbocycles. The van der Waals surface area contributed by atoms with E-state index in [-0.39, 0.29) is 382 Å². The molecule has 18 heteroatoms. The van der Waals surface area contributed by atoms with E-state index in [4.69, 9.17) is 8.37 Å². The second-order valence-corrected chi connectivity index (χ2v) is 9.57. The van der Waals surface area contributed by atoms with Crippen molar-refractivity contribution < 1.29 is 390 Å². The molecular weight excluding hydrogens is 875 g/mol. The number of hydrogen-bond acceptors (Lipinski definition) is 9. The first-order chi connectivity index (χ1) is 3.00. The Morgan fingerprint density at radius 3 is 0.500 bits per heavy atom. The van der Waals surface area contributed by atoms with Crippen LogP contribution in [-0.2, 0) is 8.37 Å². The van der Waals surface area contributed by atoms with Gasteiger partial charge in [-0.25, -0.2) is 0 Å². The average molecular weight is 881 g/mol. The molecule has 0 spiro atoms. The molecule has 0 atom stereocenters. The van der Waals surface area contributed by atoms with E-state index >= 15 is 0 Å². The first kappa shape index (κ1) is 77.8. The maximum absolute atomic E-state index is 4.91. The molecule has 0 saturated carbocycles. The Balaban J connectivity index is -0.00000000300. The molecule has 1 aliphatic rings. The first-order valence-electron chi connectivity index (χ1n) is 1.22. The van der Waals surface area contributed by atoms with Crippen molar-refractivity contribution in [3.8, 4) is 0 Å². The Bertz CT molecular complexity index is 41.8. The van der Waals surface area contributed by atoms with Crippen molar-refractivity contribution in [3.05, 3.63) is 0 Å².